The molecule has 0 radical (unpaired) electrons. The number of carbonyl (C=O) groups excluding carboxylic acids is 2. The van der Waals surface area contributed by atoms with Gasteiger partial charge in [-0.05, 0) is 48.9 Å². The van der Waals surface area contributed by atoms with Crippen LogP contribution >= 0.6 is 0 Å². The van der Waals surface area contributed by atoms with Crippen molar-refractivity contribution in [3.8, 4) is 0 Å². The molecule has 2 aromatic rings. The number of nitrogens with one attached hydrogen (secondary N) is 1. The lowest BCUT2D eigenvalue weighted by molar-refractivity contribution is -0.129. The van der Waals surface area contributed by atoms with E-state index in [1.807, 2.05) is 47.4 Å². The van der Waals surface area contributed by atoms with E-state index in [1.54, 1.807) is 0 Å². The van der Waals surface area contributed by atoms with Crippen LogP contribution in [0, 0.1) is 0 Å². The predicted octanol–water partition coefficient (Wildman–Crippen LogP) is 3.81. The molecule has 1 fully saturated rings. The van der Waals surface area contributed by atoms with E-state index < -0.39 is 0 Å². The van der Waals surface area contributed by atoms with Gasteiger partial charge >= 0.3 is 0 Å². The molecule has 1 aliphatic heterocycles. The molecule has 3 rings (SSSR count). The van der Waals surface area contributed by atoms with E-state index in [2.05, 4.69) is 17.4 Å². The average Bonchev–Trinajstić information content (AvgIpc) is 3.19. The summed E-state index contributed by atoms with van der Waals surface area (Å²) in [6.45, 7) is 1.77. The smallest absolute Gasteiger partial charge is 0.226 e. The highest BCUT2D eigenvalue weighted by Gasteiger charge is 2.17. The van der Waals surface area contributed by atoms with Gasteiger partial charge in [-0.25, -0.2) is 0 Å². The third kappa shape index (κ3) is 5.45. The molecule has 0 aromatic heterocycles. The Bertz CT molecular complexity index is 720. The van der Waals surface area contributed by atoms with Crippen LogP contribution in [-0.4, -0.2) is 29.8 Å². The first-order valence-corrected chi connectivity index (χ1v) is 9.41. The summed E-state index contributed by atoms with van der Waals surface area (Å²) in [6.07, 6.45) is 4.90. The van der Waals surface area contributed by atoms with Crippen LogP contribution in [0.1, 0.15) is 36.8 Å². The van der Waals surface area contributed by atoms with E-state index >= 15 is 0 Å². The van der Waals surface area contributed by atoms with Gasteiger partial charge in [0.15, 0.2) is 0 Å². The Morgan fingerprint density at radius 1 is 0.885 bits per heavy atom. The minimum atomic E-state index is 0.0295. The minimum Gasteiger partial charge on any atom is -0.342 e. The number of hydrogen-bond acceptors (Lipinski definition) is 2. The Labute approximate surface area is 155 Å². The van der Waals surface area contributed by atoms with Crippen molar-refractivity contribution in [2.45, 2.75) is 38.5 Å². The fraction of sp³-hybridized carbons (Fsp3) is 0.364. The number of rotatable bonds is 7. The second-order valence-electron chi connectivity index (χ2n) is 6.85. The highest BCUT2D eigenvalue weighted by Crippen LogP contribution is 2.14. The highest BCUT2D eigenvalue weighted by molar-refractivity contribution is 5.90. The highest BCUT2D eigenvalue weighted by atomic mass is 16.2. The third-order valence-electron chi connectivity index (χ3n) is 4.76. The Balaban J connectivity index is 1.41. The zero-order valence-corrected chi connectivity index (χ0v) is 15.1. The quantitative estimate of drug-likeness (QED) is 0.825. The van der Waals surface area contributed by atoms with E-state index in [0.717, 1.165) is 50.0 Å². The summed E-state index contributed by atoms with van der Waals surface area (Å²) in [4.78, 5) is 26.2. The molecular weight excluding hydrogens is 324 g/mol. The number of benzene rings is 2. The third-order valence-corrected chi connectivity index (χ3v) is 4.76. The van der Waals surface area contributed by atoms with Gasteiger partial charge in [-0.3, -0.25) is 9.59 Å². The molecule has 1 aliphatic rings. The number of anilines is 1. The summed E-state index contributed by atoms with van der Waals surface area (Å²) >= 11 is 0. The largest absolute Gasteiger partial charge is 0.342 e. The van der Waals surface area contributed by atoms with Gasteiger partial charge in [0.1, 0.15) is 0 Å². The zero-order valence-electron chi connectivity index (χ0n) is 15.1. The van der Waals surface area contributed by atoms with Gasteiger partial charge < -0.3 is 10.2 Å². The number of aryl methyl sites for hydroxylation is 1. The summed E-state index contributed by atoms with van der Waals surface area (Å²) in [5, 5.41) is 2.93. The molecule has 1 N–H and O–H groups in total. The molecule has 0 bridgehead atoms. The molecule has 4 heteroatoms. The molecule has 1 heterocycles. The number of likely N-dealkylation sites (tertiary alicyclic amines) is 1. The Morgan fingerprint density at radius 3 is 2.27 bits per heavy atom. The van der Waals surface area contributed by atoms with E-state index in [4.69, 9.17) is 0 Å². The van der Waals surface area contributed by atoms with Crippen LogP contribution in [0.5, 0.6) is 0 Å². The summed E-state index contributed by atoms with van der Waals surface area (Å²) in [5.41, 5.74) is 3.03. The van der Waals surface area contributed by atoms with Gasteiger partial charge in [0.2, 0.25) is 11.8 Å². The van der Waals surface area contributed by atoms with E-state index in [0.29, 0.717) is 12.8 Å². The molecular formula is C22H26N2O2. The summed E-state index contributed by atoms with van der Waals surface area (Å²) in [5.74, 6) is 0.224. The van der Waals surface area contributed by atoms with Crippen LogP contribution in [-0.2, 0) is 22.4 Å². The topological polar surface area (TPSA) is 49.4 Å². The van der Waals surface area contributed by atoms with Crippen molar-refractivity contribution in [1.29, 1.82) is 0 Å². The molecule has 0 saturated carbocycles. The second-order valence-corrected chi connectivity index (χ2v) is 6.85. The normalized spacial score (nSPS) is 13.6. The van der Waals surface area contributed by atoms with Crippen LogP contribution in [0.2, 0.25) is 0 Å². The number of amides is 2. The fourth-order valence-corrected chi connectivity index (χ4v) is 3.28. The van der Waals surface area contributed by atoms with Crippen molar-refractivity contribution < 1.29 is 9.59 Å². The molecule has 0 atom stereocenters. The summed E-state index contributed by atoms with van der Waals surface area (Å²) < 4.78 is 0. The minimum absolute atomic E-state index is 0.0295. The summed E-state index contributed by atoms with van der Waals surface area (Å²) in [6, 6.07) is 17.8. The lowest BCUT2D eigenvalue weighted by Gasteiger charge is -2.15. The average molecular weight is 350 g/mol. The molecule has 26 heavy (non-hydrogen) atoms. The monoisotopic (exact) mass is 350 g/mol. The molecule has 1 saturated heterocycles. The second kappa shape index (κ2) is 9.18. The number of carbonyl (C=O) groups is 2. The van der Waals surface area contributed by atoms with Crippen molar-refractivity contribution >= 4 is 17.5 Å². The van der Waals surface area contributed by atoms with Gasteiger partial charge in [0.25, 0.3) is 0 Å². The van der Waals surface area contributed by atoms with E-state index in [9.17, 15) is 9.59 Å². The van der Waals surface area contributed by atoms with Gasteiger partial charge in [0, 0.05) is 25.2 Å². The maximum atomic E-state index is 12.2. The van der Waals surface area contributed by atoms with Gasteiger partial charge in [0.05, 0.1) is 6.42 Å². The summed E-state index contributed by atoms with van der Waals surface area (Å²) in [7, 11) is 0. The molecule has 2 amide bonds. The van der Waals surface area contributed by atoms with E-state index in [-0.39, 0.29) is 11.8 Å². The first kappa shape index (κ1) is 18.2. The van der Waals surface area contributed by atoms with Gasteiger partial charge in [-0.15, -0.1) is 0 Å². The lowest BCUT2D eigenvalue weighted by atomic mass is 10.1. The molecule has 4 nitrogen and oxygen atoms in total. The SMILES string of the molecule is O=C(CCCc1ccccc1)Nc1ccc(CC(=O)N2CCCC2)cc1. The fourth-order valence-electron chi connectivity index (χ4n) is 3.28. The van der Waals surface area contributed by atoms with Gasteiger partial charge in [-0.2, -0.15) is 0 Å². The van der Waals surface area contributed by atoms with Crippen LogP contribution < -0.4 is 5.32 Å². The maximum Gasteiger partial charge on any atom is 0.226 e. The van der Waals surface area contributed by atoms with Crippen LogP contribution in [0.25, 0.3) is 0 Å². The first-order chi connectivity index (χ1) is 12.7. The zero-order chi connectivity index (χ0) is 18.2. The Hall–Kier alpha value is -2.62. The van der Waals surface area contributed by atoms with Crippen molar-refractivity contribution in [3.05, 3.63) is 65.7 Å². The molecule has 136 valence electrons. The van der Waals surface area contributed by atoms with Crippen LogP contribution in [0.4, 0.5) is 5.69 Å². The number of hydrogen-bond donors (Lipinski definition) is 1. The van der Waals surface area contributed by atoms with Crippen molar-refractivity contribution in [1.82, 2.24) is 4.90 Å². The van der Waals surface area contributed by atoms with Crippen LogP contribution in [0.15, 0.2) is 54.6 Å². The van der Waals surface area contributed by atoms with Crippen LogP contribution in [0.3, 0.4) is 0 Å². The molecule has 0 unspecified atom stereocenters. The molecule has 0 spiro atoms. The van der Waals surface area contributed by atoms with E-state index in [1.165, 1.54) is 5.56 Å². The van der Waals surface area contributed by atoms with Crippen molar-refractivity contribution in [2.24, 2.45) is 0 Å². The lowest BCUT2D eigenvalue weighted by Crippen LogP contribution is -2.29. The van der Waals surface area contributed by atoms with Crippen molar-refractivity contribution in [2.75, 3.05) is 18.4 Å². The maximum absolute atomic E-state index is 12.2. The number of nitrogens with zero attached hydrogens (tertiary/aromatic N) is 1. The Morgan fingerprint density at radius 2 is 1.58 bits per heavy atom. The predicted molar refractivity (Wildman–Crippen MR) is 104 cm³/mol. The first-order valence-electron chi connectivity index (χ1n) is 9.41. The standard InChI is InChI=1S/C22H26N2O2/c25-21(10-6-9-18-7-2-1-3-8-18)23-20-13-11-19(12-14-20)17-22(26)24-15-4-5-16-24/h1-3,7-8,11-14H,4-6,9-10,15-17H2,(H,23,25). The molecule has 2 aromatic carbocycles. The Kier molecular flexibility index (Phi) is 6.42. The van der Waals surface area contributed by atoms with Crippen molar-refractivity contribution in [3.63, 3.8) is 0 Å². The molecule has 0 aliphatic carbocycles. The van der Waals surface area contributed by atoms with Gasteiger partial charge in [-0.1, -0.05) is 42.5 Å².